The Labute approximate surface area is 156 Å². The van der Waals surface area contributed by atoms with Gasteiger partial charge < -0.3 is 5.11 Å². The Morgan fingerprint density at radius 2 is 1.77 bits per heavy atom. The average molecular weight is 364 g/mol. The van der Waals surface area contributed by atoms with E-state index >= 15 is 0 Å². The number of ketones is 4. The van der Waals surface area contributed by atoms with Crippen LogP contribution in [0.1, 0.15) is 67.2 Å². The van der Waals surface area contributed by atoms with Gasteiger partial charge in [-0.15, -0.1) is 0 Å². The van der Waals surface area contributed by atoms with E-state index < -0.39 is 46.5 Å². The van der Waals surface area contributed by atoms with Crippen molar-refractivity contribution in [2.45, 2.75) is 72.8 Å². The van der Waals surface area contributed by atoms with Gasteiger partial charge in [0.25, 0.3) is 0 Å². The van der Waals surface area contributed by atoms with Gasteiger partial charge in [-0.3, -0.25) is 19.2 Å². The molecule has 3 unspecified atom stereocenters. The van der Waals surface area contributed by atoms with Crippen molar-refractivity contribution < 1.29 is 24.3 Å². The van der Waals surface area contributed by atoms with Gasteiger partial charge in [0.05, 0.1) is 5.92 Å². The Bertz CT molecular complexity index is 612. The molecule has 0 amide bonds. The summed E-state index contributed by atoms with van der Waals surface area (Å²) in [5.74, 6) is -5.61. The highest BCUT2D eigenvalue weighted by atomic mass is 16.3. The summed E-state index contributed by atoms with van der Waals surface area (Å²) in [6.45, 7) is 11.0. The largest absolute Gasteiger partial charge is 0.374 e. The quantitative estimate of drug-likeness (QED) is 0.502. The number of hydrogen-bond acceptors (Lipinski definition) is 5. The zero-order valence-electron chi connectivity index (χ0n) is 16.8. The zero-order valence-corrected chi connectivity index (χ0v) is 16.8. The molecule has 0 aromatic carbocycles. The van der Waals surface area contributed by atoms with Crippen molar-refractivity contribution >= 4 is 23.1 Å². The molecule has 0 aromatic rings. The lowest BCUT2D eigenvalue weighted by molar-refractivity contribution is -0.154. The normalized spacial score (nSPS) is 26.9. The fourth-order valence-electron chi connectivity index (χ4n) is 3.27. The molecule has 26 heavy (non-hydrogen) atoms. The van der Waals surface area contributed by atoms with Crippen LogP contribution in [0, 0.1) is 23.7 Å². The number of carbonyl (C=O) groups is 4. The van der Waals surface area contributed by atoms with Gasteiger partial charge in [0.15, 0.2) is 28.7 Å². The molecule has 0 bridgehead atoms. The molecule has 0 spiro atoms. The first-order valence-electron chi connectivity index (χ1n) is 9.49. The van der Waals surface area contributed by atoms with Crippen LogP contribution in [-0.4, -0.2) is 33.8 Å². The van der Waals surface area contributed by atoms with Crippen molar-refractivity contribution in [2.24, 2.45) is 23.7 Å². The fraction of sp³-hybridized carbons (Fsp3) is 0.714. The molecule has 1 fully saturated rings. The molecule has 1 saturated carbocycles. The number of hydrogen-bond donors (Lipinski definition) is 1. The Kier molecular flexibility index (Phi) is 7.63. The van der Waals surface area contributed by atoms with E-state index in [0.717, 1.165) is 5.57 Å². The summed E-state index contributed by atoms with van der Waals surface area (Å²) in [7, 11) is 0. The molecule has 0 aliphatic heterocycles. The predicted octanol–water partition coefficient (Wildman–Crippen LogP) is 3.08. The predicted molar refractivity (Wildman–Crippen MR) is 99.5 cm³/mol. The third-order valence-electron chi connectivity index (χ3n) is 5.29. The van der Waals surface area contributed by atoms with Crippen molar-refractivity contribution in [2.75, 3.05) is 0 Å². The van der Waals surface area contributed by atoms with E-state index in [1.807, 2.05) is 27.7 Å². The van der Waals surface area contributed by atoms with Crippen molar-refractivity contribution in [3.63, 3.8) is 0 Å². The van der Waals surface area contributed by atoms with Gasteiger partial charge in [-0.05, 0) is 39.0 Å². The van der Waals surface area contributed by atoms with E-state index in [2.05, 4.69) is 0 Å². The maximum Gasteiger partial charge on any atom is 0.192 e. The van der Waals surface area contributed by atoms with Crippen LogP contribution < -0.4 is 0 Å². The first kappa shape index (κ1) is 22.4. The molecular formula is C21H32O5. The van der Waals surface area contributed by atoms with E-state index in [4.69, 9.17) is 0 Å². The summed E-state index contributed by atoms with van der Waals surface area (Å²) in [5.41, 5.74) is -1.47. The van der Waals surface area contributed by atoms with Gasteiger partial charge in [0.1, 0.15) is 5.92 Å². The molecule has 4 atom stereocenters. The molecular weight excluding hydrogens is 332 g/mol. The summed E-state index contributed by atoms with van der Waals surface area (Å²) < 4.78 is 0. The van der Waals surface area contributed by atoms with Gasteiger partial charge >= 0.3 is 0 Å². The highest BCUT2D eigenvalue weighted by Gasteiger charge is 2.64. The average Bonchev–Trinajstić information content (AvgIpc) is 2.76. The molecule has 0 heterocycles. The van der Waals surface area contributed by atoms with E-state index in [9.17, 15) is 24.3 Å². The Morgan fingerprint density at radius 1 is 1.19 bits per heavy atom. The Morgan fingerprint density at radius 3 is 2.23 bits per heavy atom. The van der Waals surface area contributed by atoms with Gasteiger partial charge in [-0.2, -0.15) is 0 Å². The summed E-state index contributed by atoms with van der Waals surface area (Å²) in [5, 5.41) is 11.1. The van der Waals surface area contributed by atoms with Gasteiger partial charge in [0.2, 0.25) is 0 Å². The Balaban J connectivity index is 3.30. The molecule has 1 aliphatic rings. The summed E-state index contributed by atoms with van der Waals surface area (Å²) in [6.07, 6.45) is 2.84. The van der Waals surface area contributed by atoms with Crippen LogP contribution in [0.3, 0.4) is 0 Å². The van der Waals surface area contributed by atoms with Crippen LogP contribution in [-0.2, 0) is 19.2 Å². The minimum atomic E-state index is -2.38. The number of carbonyl (C=O) groups excluding carboxylic acids is 4. The molecule has 0 aromatic heterocycles. The highest BCUT2D eigenvalue weighted by Crippen LogP contribution is 2.40. The second-order valence-electron chi connectivity index (χ2n) is 8.10. The Hall–Kier alpha value is -1.62. The summed E-state index contributed by atoms with van der Waals surface area (Å²) in [6, 6.07) is 0. The monoisotopic (exact) mass is 364 g/mol. The molecule has 0 saturated heterocycles. The third kappa shape index (κ3) is 4.37. The van der Waals surface area contributed by atoms with Gasteiger partial charge in [-0.1, -0.05) is 39.3 Å². The first-order valence-corrected chi connectivity index (χ1v) is 9.49. The van der Waals surface area contributed by atoms with Crippen LogP contribution >= 0.6 is 0 Å². The van der Waals surface area contributed by atoms with Crippen molar-refractivity contribution in [1.82, 2.24) is 0 Å². The highest BCUT2D eigenvalue weighted by molar-refractivity contribution is 6.33. The molecule has 5 nitrogen and oxygen atoms in total. The number of rotatable bonds is 9. The lowest BCUT2D eigenvalue weighted by Gasteiger charge is -2.25. The topological polar surface area (TPSA) is 88.5 Å². The molecule has 1 rings (SSSR count). The van der Waals surface area contributed by atoms with E-state index in [0.29, 0.717) is 12.8 Å². The zero-order chi connectivity index (χ0) is 20.2. The van der Waals surface area contributed by atoms with Crippen LogP contribution in [0.2, 0.25) is 0 Å². The minimum absolute atomic E-state index is 0.0166. The van der Waals surface area contributed by atoms with E-state index in [1.165, 1.54) is 0 Å². The number of aliphatic hydroxyl groups is 1. The first-order chi connectivity index (χ1) is 12.0. The lowest BCUT2D eigenvalue weighted by Crippen LogP contribution is -2.50. The molecule has 146 valence electrons. The van der Waals surface area contributed by atoms with Gasteiger partial charge in [0, 0.05) is 12.3 Å². The SMILES string of the molecule is CCC(C)C(=O)C1C(=O)[C@@H](CC=C(C)C)C(O)(C(=O)CCC(C)C)C1=O. The third-order valence-corrected chi connectivity index (χ3v) is 5.29. The molecule has 1 aliphatic carbocycles. The van der Waals surface area contributed by atoms with Crippen molar-refractivity contribution in [3.05, 3.63) is 11.6 Å². The number of Topliss-reactive ketones (excluding diaryl/α,β-unsaturated/α-hetero) is 4. The summed E-state index contributed by atoms with van der Waals surface area (Å²) >= 11 is 0. The fourth-order valence-corrected chi connectivity index (χ4v) is 3.27. The summed E-state index contributed by atoms with van der Waals surface area (Å²) in [4.78, 5) is 51.1. The maximum absolute atomic E-state index is 12.9. The van der Waals surface area contributed by atoms with E-state index in [1.54, 1.807) is 19.9 Å². The van der Waals surface area contributed by atoms with Crippen molar-refractivity contribution in [3.8, 4) is 0 Å². The maximum atomic E-state index is 12.9. The van der Waals surface area contributed by atoms with Crippen LogP contribution in [0.4, 0.5) is 0 Å². The standard InChI is InChI=1S/C21H32O5/c1-7-14(6)18(23)17-19(24)15(10-8-12(2)3)21(26,20(17)25)16(22)11-9-13(4)5/h8,13-15,17,26H,7,9-11H2,1-6H3/t14?,15-,17?,21?/m1/s1. The lowest BCUT2D eigenvalue weighted by atomic mass is 9.81. The second kappa shape index (κ2) is 8.85. The minimum Gasteiger partial charge on any atom is -0.374 e. The second-order valence-corrected chi connectivity index (χ2v) is 8.10. The molecule has 1 N–H and O–H groups in total. The number of allylic oxidation sites excluding steroid dienone is 2. The van der Waals surface area contributed by atoms with Crippen LogP contribution in [0.25, 0.3) is 0 Å². The van der Waals surface area contributed by atoms with Crippen LogP contribution in [0.5, 0.6) is 0 Å². The van der Waals surface area contributed by atoms with Gasteiger partial charge in [-0.25, -0.2) is 0 Å². The smallest absolute Gasteiger partial charge is 0.192 e. The van der Waals surface area contributed by atoms with Crippen LogP contribution in [0.15, 0.2) is 11.6 Å². The van der Waals surface area contributed by atoms with E-state index in [-0.39, 0.29) is 18.8 Å². The van der Waals surface area contributed by atoms with Crippen molar-refractivity contribution in [1.29, 1.82) is 0 Å². The molecule has 0 radical (unpaired) electrons. The molecule has 5 heteroatoms.